The Bertz CT molecular complexity index is 523. The summed E-state index contributed by atoms with van der Waals surface area (Å²) in [7, 11) is 0. The molecule has 0 saturated heterocycles. The molecule has 0 radical (unpaired) electrons. The van der Waals surface area contributed by atoms with Crippen molar-refractivity contribution in [3.8, 4) is 6.07 Å². The van der Waals surface area contributed by atoms with Gasteiger partial charge in [0.15, 0.2) is 0 Å². The highest BCUT2D eigenvalue weighted by Crippen LogP contribution is 2.16. The van der Waals surface area contributed by atoms with Crippen molar-refractivity contribution in [2.75, 3.05) is 5.32 Å². The fraction of sp³-hybridized carbons (Fsp3) is 0.182. The highest BCUT2D eigenvalue weighted by atomic mass is 15.3. The van der Waals surface area contributed by atoms with E-state index in [0.29, 0.717) is 11.4 Å². The van der Waals surface area contributed by atoms with E-state index in [1.54, 1.807) is 29.2 Å². The van der Waals surface area contributed by atoms with Gasteiger partial charge in [-0.25, -0.2) is 4.98 Å². The summed E-state index contributed by atoms with van der Waals surface area (Å²) in [5.41, 5.74) is 1.35. The minimum absolute atomic E-state index is 0.520. The number of nitriles is 1. The topological polar surface area (TPSA) is 66.5 Å². The zero-order chi connectivity index (χ0) is 11.4. The maximum absolute atomic E-state index is 8.90. The first-order chi connectivity index (χ1) is 7.83. The average molecular weight is 213 g/mol. The van der Waals surface area contributed by atoms with Gasteiger partial charge in [-0.1, -0.05) is 0 Å². The lowest BCUT2D eigenvalue weighted by Crippen LogP contribution is -1.96. The lowest BCUT2D eigenvalue weighted by Gasteiger charge is -2.03. The monoisotopic (exact) mass is 213 g/mol. The molecule has 5 nitrogen and oxygen atoms in total. The molecule has 0 saturated carbocycles. The number of hydrogen-bond acceptors (Lipinski definition) is 4. The summed E-state index contributed by atoms with van der Waals surface area (Å²) in [5, 5.41) is 16.1. The SMILES string of the molecule is CCn1cc(Nc2ncccc2C#N)cn1. The van der Waals surface area contributed by atoms with E-state index in [2.05, 4.69) is 21.5 Å². The van der Waals surface area contributed by atoms with Crippen LogP contribution in [-0.2, 0) is 6.54 Å². The second-order valence-electron chi connectivity index (χ2n) is 3.22. The third-order valence-electron chi connectivity index (χ3n) is 2.15. The number of aromatic nitrogens is 3. The Labute approximate surface area is 93.4 Å². The summed E-state index contributed by atoms with van der Waals surface area (Å²) in [5.74, 6) is 0.556. The van der Waals surface area contributed by atoms with Crippen LogP contribution in [0.5, 0.6) is 0 Å². The van der Waals surface area contributed by atoms with E-state index in [1.807, 2.05) is 13.1 Å². The molecule has 2 rings (SSSR count). The van der Waals surface area contributed by atoms with Gasteiger partial charge in [-0.15, -0.1) is 0 Å². The molecular weight excluding hydrogens is 202 g/mol. The van der Waals surface area contributed by atoms with Crippen molar-refractivity contribution < 1.29 is 0 Å². The van der Waals surface area contributed by atoms with Crippen molar-refractivity contribution in [2.45, 2.75) is 13.5 Å². The van der Waals surface area contributed by atoms with Gasteiger partial charge in [0.05, 0.1) is 17.4 Å². The Morgan fingerprint density at radius 1 is 1.56 bits per heavy atom. The van der Waals surface area contributed by atoms with Crippen LogP contribution in [0, 0.1) is 11.3 Å². The summed E-state index contributed by atoms with van der Waals surface area (Å²) in [6.07, 6.45) is 5.22. The third-order valence-corrected chi connectivity index (χ3v) is 2.15. The molecule has 2 aromatic rings. The molecule has 2 aromatic heterocycles. The molecule has 0 spiro atoms. The number of nitrogens with one attached hydrogen (secondary N) is 1. The average Bonchev–Trinajstić information content (AvgIpc) is 2.77. The quantitative estimate of drug-likeness (QED) is 0.845. The Hall–Kier alpha value is -2.35. The fourth-order valence-electron chi connectivity index (χ4n) is 1.33. The van der Waals surface area contributed by atoms with Crippen LogP contribution < -0.4 is 5.32 Å². The second kappa shape index (κ2) is 4.45. The molecule has 0 fully saturated rings. The van der Waals surface area contributed by atoms with Gasteiger partial charge in [-0.2, -0.15) is 10.4 Å². The van der Waals surface area contributed by atoms with Gasteiger partial charge in [-0.3, -0.25) is 4.68 Å². The van der Waals surface area contributed by atoms with Crippen molar-refractivity contribution in [2.24, 2.45) is 0 Å². The number of pyridine rings is 1. The lowest BCUT2D eigenvalue weighted by molar-refractivity contribution is 0.660. The van der Waals surface area contributed by atoms with Crippen LogP contribution in [-0.4, -0.2) is 14.8 Å². The van der Waals surface area contributed by atoms with E-state index in [9.17, 15) is 0 Å². The Morgan fingerprint density at radius 2 is 2.44 bits per heavy atom. The Kier molecular flexibility index (Phi) is 2.83. The third kappa shape index (κ3) is 2.01. The first kappa shape index (κ1) is 10.2. The van der Waals surface area contributed by atoms with Gasteiger partial charge in [0.2, 0.25) is 0 Å². The molecule has 0 aliphatic carbocycles. The number of nitrogens with zero attached hydrogens (tertiary/aromatic N) is 4. The van der Waals surface area contributed by atoms with E-state index in [4.69, 9.17) is 5.26 Å². The molecule has 0 aromatic carbocycles. The maximum atomic E-state index is 8.90. The van der Waals surface area contributed by atoms with Gasteiger partial charge in [0.1, 0.15) is 11.9 Å². The van der Waals surface area contributed by atoms with Crippen LogP contribution in [0.15, 0.2) is 30.7 Å². The molecule has 2 heterocycles. The maximum Gasteiger partial charge on any atom is 0.148 e. The van der Waals surface area contributed by atoms with Crippen molar-refractivity contribution >= 4 is 11.5 Å². The largest absolute Gasteiger partial charge is 0.337 e. The van der Waals surface area contributed by atoms with Gasteiger partial charge < -0.3 is 5.32 Å². The van der Waals surface area contributed by atoms with Crippen molar-refractivity contribution in [1.82, 2.24) is 14.8 Å². The molecule has 1 N–H and O–H groups in total. The van der Waals surface area contributed by atoms with Crippen LogP contribution >= 0.6 is 0 Å². The van der Waals surface area contributed by atoms with E-state index in [1.165, 1.54) is 0 Å². The van der Waals surface area contributed by atoms with Crippen molar-refractivity contribution in [3.05, 3.63) is 36.3 Å². The first-order valence-corrected chi connectivity index (χ1v) is 4.98. The summed E-state index contributed by atoms with van der Waals surface area (Å²) in [4.78, 5) is 4.11. The van der Waals surface area contributed by atoms with Gasteiger partial charge in [0.25, 0.3) is 0 Å². The second-order valence-corrected chi connectivity index (χ2v) is 3.22. The number of hydrogen-bond donors (Lipinski definition) is 1. The Morgan fingerprint density at radius 3 is 3.12 bits per heavy atom. The summed E-state index contributed by atoms with van der Waals surface area (Å²) in [6, 6.07) is 5.54. The van der Waals surface area contributed by atoms with Crippen LogP contribution in [0.4, 0.5) is 11.5 Å². The molecule has 80 valence electrons. The molecule has 0 aliphatic heterocycles. The minimum Gasteiger partial charge on any atom is -0.337 e. The predicted molar refractivity (Wildman–Crippen MR) is 60.1 cm³/mol. The molecule has 16 heavy (non-hydrogen) atoms. The number of rotatable bonds is 3. The first-order valence-electron chi connectivity index (χ1n) is 4.98. The van der Waals surface area contributed by atoms with E-state index < -0.39 is 0 Å². The van der Waals surface area contributed by atoms with Crippen LogP contribution in [0.25, 0.3) is 0 Å². The zero-order valence-corrected chi connectivity index (χ0v) is 8.88. The van der Waals surface area contributed by atoms with E-state index in [0.717, 1.165) is 12.2 Å². The molecule has 0 bridgehead atoms. The van der Waals surface area contributed by atoms with Gasteiger partial charge in [0, 0.05) is 18.9 Å². The van der Waals surface area contributed by atoms with Gasteiger partial charge in [-0.05, 0) is 19.1 Å². The van der Waals surface area contributed by atoms with Crippen LogP contribution in [0.3, 0.4) is 0 Å². The van der Waals surface area contributed by atoms with Gasteiger partial charge >= 0.3 is 0 Å². The lowest BCUT2D eigenvalue weighted by atomic mass is 10.3. The Balaban J connectivity index is 2.24. The molecule has 5 heteroatoms. The number of aryl methyl sites for hydroxylation is 1. The summed E-state index contributed by atoms with van der Waals surface area (Å²) >= 11 is 0. The highest BCUT2D eigenvalue weighted by Gasteiger charge is 2.03. The van der Waals surface area contributed by atoms with Crippen molar-refractivity contribution in [1.29, 1.82) is 5.26 Å². The normalized spacial score (nSPS) is 9.75. The standard InChI is InChI=1S/C11H11N5/c1-2-16-8-10(7-14-16)15-11-9(6-12)4-3-5-13-11/h3-5,7-8H,2H2,1H3,(H,13,15). The van der Waals surface area contributed by atoms with Crippen LogP contribution in [0.1, 0.15) is 12.5 Å². The minimum atomic E-state index is 0.520. The smallest absolute Gasteiger partial charge is 0.148 e. The predicted octanol–water partition coefficient (Wildman–Crippen LogP) is 1.91. The molecule has 0 aliphatic rings. The van der Waals surface area contributed by atoms with E-state index >= 15 is 0 Å². The summed E-state index contributed by atoms with van der Waals surface area (Å²) < 4.78 is 1.80. The molecule has 0 unspecified atom stereocenters. The molecule has 0 amide bonds. The fourth-order valence-corrected chi connectivity index (χ4v) is 1.33. The number of anilines is 2. The zero-order valence-electron chi connectivity index (χ0n) is 8.88. The summed E-state index contributed by atoms with van der Waals surface area (Å²) in [6.45, 7) is 2.83. The molecule has 0 atom stereocenters. The van der Waals surface area contributed by atoms with Crippen LogP contribution in [0.2, 0.25) is 0 Å². The van der Waals surface area contributed by atoms with E-state index in [-0.39, 0.29) is 0 Å². The highest BCUT2D eigenvalue weighted by molar-refractivity contribution is 5.61. The van der Waals surface area contributed by atoms with Crippen molar-refractivity contribution in [3.63, 3.8) is 0 Å². The molecular formula is C11H11N5.